The number of H-pyrrole nitrogens is 1. The fraction of sp³-hybridized carbons (Fsp3) is 0.462. The number of hydrogen-bond donors (Lipinski definition) is 3. The molecule has 34 heavy (non-hydrogen) atoms. The summed E-state index contributed by atoms with van der Waals surface area (Å²) in [6, 6.07) is 8.73. The molecule has 1 saturated carbocycles. The monoisotopic (exact) mass is 459 g/mol. The zero-order chi connectivity index (χ0) is 23.0. The Kier molecular flexibility index (Phi) is 3.35. The van der Waals surface area contributed by atoms with Crippen LogP contribution in [0.1, 0.15) is 47.8 Å². The minimum atomic E-state index is -1.09. The van der Waals surface area contributed by atoms with Crippen LogP contribution in [0.5, 0.6) is 11.5 Å². The Hall–Kier alpha value is -3.10. The molecule has 174 valence electrons. The largest absolute Gasteiger partial charge is 0.504 e. The molecule has 2 aromatic carbocycles. The minimum Gasteiger partial charge on any atom is -0.504 e. The zero-order valence-electron chi connectivity index (χ0n) is 18.6. The summed E-state index contributed by atoms with van der Waals surface area (Å²) in [4.78, 5) is 17.2. The first-order valence-corrected chi connectivity index (χ1v) is 12.2. The van der Waals surface area contributed by atoms with Gasteiger partial charge in [0.2, 0.25) is 0 Å². The van der Waals surface area contributed by atoms with Crippen LogP contribution in [0.15, 0.2) is 30.3 Å². The lowest BCUT2D eigenvalue weighted by molar-refractivity contribution is -0.383. The van der Waals surface area contributed by atoms with E-state index >= 15 is 0 Å². The van der Waals surface area contributed by atoms with Crippen molar-refractivity contribution < 1.29 is 19.9 Å². The molecule has 0 unspecified atom stereocenters. The Labute approximate surface area is 195 Å². The van der Waals surface area contributed by atoms with Gasteiger partial charge in [0.15, 0.2) is 17.6 Å². The molecule has 1 saturated heterocycles. The smallest absolute Gasteiger partial charge is 0.293 e. The van der Waals surface area contributed by atoms with Crippen molar-refractivity contribution in [3.05, 3.63) is 62.8 Å². The van der Waals surface area contributed by atoms with Gasteiger partial charge in [0.05, 0.1) is 21.6 Å². The molecule has 3 aromatic rings. The normalized spacial score (nSPS) is 32.9. The number of aliphatic hydroxyl groups is 1. The number of likely N-dealkylation sites (tertiary alicyclic amines) is 1. The van der Waals surface area contributed by atoms with Crippen molar-refractivity contribution in [3.8, 4) is 11.5 Å². The molecule has 4 atom stereocenters. The number of aromatic amines is 1. The van der Waals surface area contributed by atoms with Gasteiger partial charge in [-0.25, -0.2) is 0 Å². The highest BCUT2D eigenvalue weighted by Gasteiger charge is 2.73. The molecule has 2 bridgehead atoms. The number of rotatable bonds is 3. The van der Waals surface area contributed by atoms with Crippen molar-refractivity contribution in [3.63, 3.8) is 0 Å². The van der Waals surface area contributed by atoms with Crippen LogP contribution in [-0.4, -0.2) is 49.8 Å². The third-order valence-corrected chi connectivity index (χ3v) is 9.37. The summed E-state index contributed by atoms with van der Waals surface area (Å²) >= 11 is 0. The lowest BCUT2D eigenvalue weighted by atomic mass is 9.49. The topological polar surface area (TPSA) is 112 Å². The Morgan fingerprint density at radius 2 is 2.12 bits per heavy atom. The number of non-ortho nitro benzene ring substituents is 1. The van der Waals surface area contributed by atoms with Crippen molar-refractivity contribution in [1.82, 2.24) is 9.88 Å². The molecular weight excluding hydrogens is 434 g/mol. The highest BCUT2D eigenvalue weighted by molar-refractivity contribution is 5.92. The number of phenols is 1. The van der Waals surface area contributed by atoms with E-state index in [9.17, 15) is 20.3 Å². The van der Waals surface area contributed by atoms with Crippen LogP contribution >= 0.6 is 0 Å². The number of para-hydroxylation sites is 1. The van der Waals surface area contributed by atoms with E-state index in [2.05, 4.69) is 9.88 Å². The first-order chi connectivity index (χ1) is 16.4. The van der Waals surface area contributed by atoms with Gasteiger partial charge in [-0.1, -0.05) is 18.2 Å². The molecule has 5 aliphatic rings. The van der Waals surface area contributed by atoms with E-state index in [4.69, 9.17) is 4.74 Å². The SMILES string of the molecule is O=[N+]([O-])c1cccc2c3c([nH]c12)[C@@H]1Oc2c(O)ccc4c2[C@@]12CCN(CC1CC1)[C@@H](C4)[C@]2(O)C3. The number of phenolic OH excluding ortho intramolecular Hbond substituents is 1. The summed E-state index contributed by atoms with van der Waals surface area (Å²) in [6.07, 6.45) is 3.82. The predicted octanol–water partition coefficient (Wildman–Crippen LogP) is 3.48. The van der Waals surface area contributed by atoms with Crippen molar-refractivity contribution in [1.29, 1.82) is 0 Å². The van der Waals surface area contributed by atoms with E-state index in [-0.39, 0.29) is 22.4 Å². The molecule has 0 amide bonds. The Bertz CT molecular complexity index is 1430. The van der Waals surface area contributed by atoms with Gasteiger partial charge >= 0.3 is 0 Å². The second-order valence-corrected chi connectivity index (χ2v) is 10.9. The highest BCUT2D eigenvalue weighted by atomic mass is 16.6. The lowest BCUT2D eigenvalue weighted by Gasteiger charge is -2.62. The fourth-order valence-electron chi connectivity index (χ4n) is 7.78. The second-order valence-electron chi connectivity index (χ2n) is 10.9. The maximum Gasteiger partial charge on any atom is 0.293 e. The predicted molar refractivity (Wildman–Crippen MR) is 123 cm³/mol. The molecule has 2 fully saturated rings. The van der Waals surface area contributed by atoms with Crippen LogP contribution in [0, 0.1) is 16.0 Å². The Morgan fingerprint density at radius 3 is 2.91 bits per heavy atom. The van der Waals surface area contributed by atoms with Crippen LogP contribution in [0.4, 0.5) is 5.69 Å². The molecule has 8 nitrogen and oxygen atoms in total. The second kappa shape index (κ2) is 5.93. The van der Waals surface area contributed by atoms with Crippen LogP contribution in [0.2, 0.25) is 0 Å². The molecular formula is C26H25N3O5. The summed E-state index contributed by atoms with van der Waals surface area (Å²) in [5, 5.41) is 36.1. The molecule has 3 N–H and O–H groups in total. The number of nitrogens with zero attached hydrogens (tertiary/aromatic N) is 2. The maximum atomic E-state index is 12.8. The number of benzene rings is 2. The van der Waals surface area contributed by atoms with Crippen molar-refractivity contribution in [2.45, 2.75) is 55.3 Å². The third-order valence-electron chi connectivity index (χ3n) is 9.37. The zero-order valence-corrected chi connectivity index (χ0v) is 18.6. The number of ether oxygens (including phenoxy) is 1. The van der Waals surface area contributed by atoms with Gasteiger partial charge in [0.1, 0.15) is 5.52 Å². The summed E-state index contributed by atoms with van der Waals surface area (Å²) in [5.41, 5.74) is 2.49. The van der Waals surface area contributed by atoms with Crippen molar-refractivity contribution in [2.24, 2.45) is 5.92 Å². The van der Waals surface area contributed by atoms with Gasteiger partial charge in [-0.2, -0.15) is 0 Å². The standard InChI is InChI=1S/C26H25N3O5/c30-18-7-6-14-10-19-26(31)11-16-15-2-1-3-17(29(32)33)21(15)27-22(16)24-25(26,20(14)23(18)34-24)8-9-28(19)12-13-4-5-13/h1-3,6-7,13,19,24,27,30-31H,4-5,8-12H2/t19-,24-,25-,26+/m0/s1. The molecule has 1 aromatic heterocycles. The first-order valence-electron chi connectivity index (χ1n) is 12.2. The van der Waals surface area contributed by atoms with Crippen LogP contribution in [0.25, 0.3) is 10.9 Å². The molecule has 0 radical (unpaired) electrons. The van der Waals surface area contributed by atoms with E-state index in [0.717, 1.165) is 47.3 Å². The number of hydrogen-bond acceptors (Lipinski definition) is 6. The molecule has 1 spiro atoms. The van der Waals surface area contributed by atoms with Gasteiger partial charge < -0.3 is 19.9 Å². The van der Waals surface area contributed by atoms with E-state index in [0.29, 0.717) is 30.0 Å². The minimum absolute atomic E-state index is 0.0248. The van der Waals surface area contributed by atoms with Gasteiger partial charge in [-0.15, -0.1) is 0 Å². The van der Waals surface area contributed by atoms with Gasteiger partial charge in [0, 0.05) is 36.0 Å². The summed E-state index contributed by atoms with van der Waals surface area (Å²) in [6.45, 7) is 1.87. The van der Waals surface area contributed by atoms with E-state index in [1.54, 1.807) is 12.1 Å². The molecule has 3 aliphatic carbocycles. The van der Waals surface area contributed by atoms with E-state index in [1.807, 2.05) is 12.1 Å². The average molecular weight is 460 g/mol. The first kappa shape index (κ1) is 19.2. The molecule has 3 heterocycles. The maximum absolute atomic E-state index is 12.8. The molecule has 8 rings (SSSR count). The molecule has 8 heteroatoms. The van der Waals surface area contributed by atoms with Gasteiger partial charge in [-0.05, 0) is 55.3 Å². The number of aromatic nitrogens is 1. The average Bonchev–Trinajstić information content (AvgIpc) is 3.44. The van der Waals surface area contributed by atoms with Gasteiger partial charge in [0.25, 0.3) is 5.69 Å². The lowest BCUT2D eigenvalue weighted by Crippen LogP contribution is -2.74. The Morgan fingerprint density at radius 1 is 1.26 bits per heavy atom. The van der Waals surface area contributed by atoms with E-state index < -0.39 is 17.1 Å². The number of nitro groups is 1. The quantitative estimate of drug-likeness (QED) is 0.408. The number of aromatic hydroxyl groups is 1. The highest BCUT2D eigenvalue weighted by Crippen LogP contribution is 2.69. The number of nitrogens with one attached hydrogen (secondary N) is 1. The van der Waals surface area contributed by atoms with Gasteiger partial charge in [-0.3, -0.25) is 15.0 Å². The third kappa shape index (κ3) is 2.04. The van der Waals surface area contributed by atoms with Crippen molar-refractivity contribution in [2.75, 3.05) is 13.1 Å². The van der Waals surface area contributed by atoms with E-state index in [1.165, 1.54) is 18.9 Å². The number of nitro benzene ring substituents is 1. The summed E-state index contributed by atoms with van der Waals surface area (Å²) in [5.74, 6) is 1.27. The Balaban J connectivity index is 1.42. The van der Waals surface area contributed by atoms with Crippen LogP contribution in [-0.2, 0) is 18.3 Å². The molecule has 2 aliphatic heterocycles. The summed E-state index contributed by atoms with van der Waals surface area (Å²) in [7, 11) is 0. The summed E-state index contributed by atoms with van der Waals surface area (Å²) < 4.78 is 6.53. The fourth-order valence-corrected chi connectivity index (χ4v) is 7.78. The number of piperidine rings is 1. The van der Waals surface area contributed by atoms with Crippen molar-refractivity contribution >= 4 is 16.6 Å². The van der Waals surface area contributed by atoms with Crippen LogP contribution < -0.4 is 4.74 Å². The van der Waals surface area contributed by atoms with Crippen LogP contribution in [0.3, 0.4) is 0 Å². The number of fused-ring (bicyclic) bond motifs is 4.